The summed E-state index contributed by atoms with van der Waals surface area (Å²) in [5, 5.41) is 8.46. The fraction of sp³-hybridized carbons (Fsp3) is 0.522. The lowest BCUT2D eigenvalue weighted by Crippen LogP contribution is -2.24. The van der Waals surface area contributed by atoms with Gasteiger partial charge < -0.3 is 9.47 Å². The Morgan fingerprint density at radius 3 is 2.77 bits per heavy atom. The van der Waals surface area contributed by atoms with Gasteiger partial charge in [-0.1, -0.05) is 18.6 Å². The molecule has 2 aliphatic carbocycles. The van der Waals surface area contributed by atoms with Crippen molar-refractivity contribution in [3.8, 4) is 23.1 Å². The van der Waals surface area contributed by atoms with Crippen LogP contribution in [0.1, 0.15) is 62.8 Å². The molecule has 0 aromatic carbocycles. The Labute approximate surface area is 182 Å². The van der Waals surface area contributed by atoms with Gasteiger partial charge in [0, 0.05) is 19.2 Å². The molecule has 2 saturated carbocycles. The topological polar surface area (TPSA) is 87.8 Å². The highest BCUT2D eigenvalue weighted by molar-refractivity contribution is 5.57. The van der Waals surface area contributed by atoms with E-state index in [0.717, 1.165) is 41.6 Å². The molecule has 0 saturated heterocycles. The van der Waals surface area contributed by atoms with E-state index >= 15 is 0 Å². The molecule has 2 fully saturated rings. The number of pyridine rings is 1. The maximum Gasteiger partial charge on any atom is 0.316 e. The van der Waals surface area contributed by atoms with E-state index in [9.17, 15) is 0 Å². The zero-order valence-corrected chi connectivity index (χ0v) is 18.1. The van der Waals surface area contributed by atoms with Gasteiger partial charge in [0.2, 0.25) is 0 Å². The van der Waals surface area contributed by atoms with Crippen molar-refractivity contribution in [2.45, 2.75) is 64.1 Å². The van der Waals surface area contributed by atoms with Crippen molar-refractivity contribution in [2.75, 3.05) is 0 Å². The van der Waals surface area contributed by atoms with Crippen molar-refractivity contribution in [2.24, 2.45) is 13.0 Å². The van der Waals surface area contributed by atoms with Crippen molar-refractivity contribution in [1.29, 1.82) is 0 Å². The van der Waals surface area contributed by atoms with E-state index in [1.54, 1.807) is 17.1 Å². The lowest BCUT2D eigenvalue weighted by Gasteiger charge is -2.27. The number of ether oxygens (including phenoxy) is 2. The van der Waals surface area contributed by atoms with Crippen LogP contribution in [0, 0.1) is 5.92 Å². The molecule has 3 aromatic heterocycles. The molecule has 8 nitrogen and oxygen atoms in total. The van der Waals surface area contributed by atoms with E-state index in [-0.39, 0.29) is 12.7 Å². The van der Waals surface area contributed by atoms with Crippen LogP contribution in [0.4, 0.5) is 0 Å². The molecule has 3 heterocycles. The van der Waals surface area contributed by atoms with Crippen LogP contribution in [0.15, 0.2) is 30.6 Å². The van der Waals surface area contributed by atoms with Gasteiger partial charge in [-0.15, -0.1) is 5.10 Å². The number of aromatic nitrogens is 6. The highest BCUT2D eigenvalue weighted by Gasteiger charge is 2.25. The molecular formula is C23H28N6O2. The summed E-state index contributed by atoms with van der Waals surface area (Å²) in [6, 6.07) is 6.24. The van der Waals surface area contributed by atoms with Gasteiger partial charge in [0.25, 0.3) is 0 Å². The van der Waals surface area contributed by atoms with E-state index in [0.29, 0.717) is 17.6 Å². The molecule has 0 aliphatic heterocycles. The van der Waals surface area contributed by atoms with Gasteiger partial charge in [-0.05, 0) is 56.2 Å². The average molecular weight is 421 g/mol. The molecule has 8 heteroatoms. The summed E-state index contributed by atoms with van der Waals surface area (Å²) >= 11 is 0. The van der Waals surface area contributed by atoms with Crippen molar-refractivity contribution in [3.63, 3.8) is 0 Å². The smallest absolute Gasteiger partial charge is 0.316 e. The quantitative estimate of drug-likeness (QED) is 0.569. The van der Waals surface area contributed by atoms with Crippen molar-refractivity contribution in [3.05, 3.63) is 42.0 Å². The lowest BCUT2D eigenvalue weighted by molar-refractivity contribution is 0.129. The first kappa shape index (κ1) is 19.9. The molecule has 2 atom stereocenters. The SMILES string of the molecule is C[C@H]1CCC[C@H](Oc2ccc(-c3nnn(C)c3COc3nccc(C4CC4)n3)nc2)C1. The van der Waals surface area contributed by atoms with E-state index < -0.39 is 0 Å². The first-order chi connectivity index (χ1) is 15.2. The molecule has 162 valence electrons. The Kier molecular flexibility index (Phi) is 5.53. The summed E-state index contributed by atoms with van der Waals surface area (Å²) in [5.74, 6) is 2.08. The van der Waals surface area contributed by atoms with Gasteiger partial charge in [-0.3, -0.25) is 4.98 Å². The summed E-state index contributed by atoms with van der Waals surface area (Å²) in [4.78, 5) is 13.3. The third-order valence-electron chi connectivity index (χ3n) is 6.10. The summed E-state index contributed by atoms with van der Waals surface area (Å²) in [7, 11) is 1.85. The van der Waals surface area contributed by atoms with Crippen molar-refractivity contribution < 1.29 is 9.47 Å². The minimum atomic E-state index is 0.271. The first-order valence-corrected chi connectivity index (χ1v) is 11.1. The normalized spacial score (nSPS) is 21.1. The summed E-state index contributed by atoms with van der Waals surface area (Å²) in [6.45, 7) is 2.56. The summed E-state index contributed by atoms with van der Waals surface area (Å²) < 4.78 is 13.7. The van der Waals surface area contributed by atoms with Crippen LogP contribution in [0.2, 0.25) is 0 Å². The second-order valence-electron chi connectivity index (χ2n) is 8.73. The highest BCUT2D eigenvalue weighted by atomic mass is 16.5. The zero-order chi connectivity index (χ0) is 21.2. The van der Waals surface area contributed by atoms with Crippen LogP contribution in [0.25, 0.3) is 11.4 Å². The Morgan fingerprint density at radius 1 is 1.10 bits per heavy atom. The highest BCUT2D eigenvalue weighted by Crippen LogP contribution is 2.39. The standard InChI is InChI=1S/C23H28N6O2/c1-15-4-3-5-17(12-15)31-18-8-9-20(25-13-18)22-21(29(2)28-27-22)14-30-23-24-11-10-19(26-23)16-6-7-16/h8-11,13,15-17H,3-7,12,14H2,1-2H3/t15-,17-/m0/s1. The first-order valence-electron chi connectivity index (χ1n) is 11.1. The molecule has 0 bridgehead atoms. The monoisotopic (exact) mass is 420 g/mol. The summed E-state index contributed by atoms with van der Waals surface area (Å²) in [5.41, 5.74) is 3.31. The number of nitrogens with zero attached hydrogens (tertiary/aromatic N) is 6. The average Bonchev–Trinajstić information content (AvgIpc) is 3.56. The molecule has 0 unspecified atom stereocenters. The summed E-state index contributed by atoms with van der Waals surface area (Å²) in [6.07, 6.45) is 10.9. The van der Waals surface area contributed by atoms with E-state index in [1.807, 2.05) is 25.2 Å². The second kappa shape index (κ2) is 8.61. The largest absolute Gasteiger partial charge is 0.489 e. The van der Waals surface area contributed by atoms with Gasteiger partial charge in [0.1, 0.15) is 23.7 Å². The molecule has 0 amide bonds. The number of hydrogen-bond acceptors (Lipinski definition) is 7. The van der Waals surface area contributed by atoms with E-state index in [4.69, 9.17) is 9.47 Å². The number of aryl methyl sites for hydroxylation is 1. The Hall–Kier alpha value is -3.03. The minimum absolute atomic E-state index is 0.271. The maximum atomic E-state index is 6.15. The van der Waals surface area contributed by atoms with Crippen LogP contribution >= 0.6 is 0 Å². The molecule has 31 heavy (non-hydrogen) atoms. The van der Waals surface area contributed by atoms with E-state index in [2.05, 4.69) is 32.2 Å². The van der Waals surface area contributed by atoms with Gasteiger partial charge in [-0.2, -0.15) is 4.98 Å². The Morgan fingerprint density at radius 2 is 2.00 bits per heavy atom. The maximum absolute atomic E-state index is 6.15. The van der Waals surface area contributed by atoms with Crippen molar-refractivity contribution in [1.82, 2.24) is 29.9 Å². The van der Waals surface area contributed by atoms with Crippen LogP contribution in [0.5, 0.6) is 11.8 Å². The van der Waals surface area contributed by atoms with Gasteiger partial charge >= 0.3 is 6.01 Å². The minimum Gasteiger partial charge on any atom is -0.489 e. The zero-order valence-electron chi connectivity index (χ0n) is 18.1. The van der Waals surface area contributed by atoms with Gasteiger partial charge in [0.15, 0.2) is 0 Å². The predicted molar refractivity (Wildman–Crippen MR) is 115 cm³/mol. The fourth-order valence-corrected chi connectivity index (χ4v) is 4.17. The molecule has 5 rings (SSSR count). The van der Waals surface area contributed by atoms with Crippen molar-refractivity contribution >= 4 is 0 Å². The molecule has 0 spiro atoms. The second-order valence-corrected chi connectivity index (χ2v) is 8.73. The predicted octanol–water partition coefficient (Wildman–Crippen LogP) is 4.08. The van der Waals surface area contributed by atoms with Gasteiger partial charge in [-0.25, -0.2) is 9.67 Å². The Balaban J connectivity index is 1.27. The lowest BCUT2D eigenvalue weighted by atomic mass is 9.89. The Bertz CT molecular complexity index is 1030. The number of rotatable bonds is 7. The van der Waals surface area contributed by atoms with Crippen LogP contribution in [-0.2, 0) is 13.7 Å². The third-order valence-corrected chi connectivity index (χ3v) is 6.10. The number of hydrogen-bond donors (Lipinski definition) is 0. The third kappa shape index (κ3) is 4.68. The van der Waals surface area contributed by atoms with Gasteiger partial charge in [0.05, 0.1) is 23.7 Å². The molecule has 2 aliphatic rings. The molecule has 0 radical (unpaired) electrons. The van der Waals surface area contributed by atoms with Crippen LogP contribution < -0.4 is 9.47 Å². The molecule has 0 N–H and O–H groups in total. The fourth-order valence-electron chi connectivity index (χ4n) is 4.17. The van der Waals surface area contributed by atoms with Crippen LogP contribution in [0.3, 0.4) is 0 Å². The van der Waals surface area contributed by atoms with E-state index in [1.165, 1.54) is 25.7 Å². The van der Waals surface area contributed by atoms with Crippen LogP contribution in [-0.4, -0.2) is 36.0 Å². The molecule has 3 aromatic rings. The molecular weight excluding hydrogens is 392 g/mol.